The molecule has 0 saturated heterocycles. The van der Waals surface area contributed by atoms with Gasteiger partial charge in [-0.25, -0.2) is 8.78 Å². The van der Waals surface area contributed by atoms with Crippen LogP contribution >= 0.6 is 11.6 Å². The van der Waals surface area contributed by atoms with E-state index in [9.17, 15) is 4.39 Å². The minimum absolute atomic E-state index is 0.0330. The van der Waals surface area contributed by atoms with E-state index in [0.717, 1.165) is 11.6 Å². The molecule has 2 aromatic carbocycles. The second-order valence-corrected chi connectivity index (χ2v) is 8.15. The van der Waals surface area contributed by atoms with Gasteiger partial charge in [0.2, 0.25) is 0 Å². The SMILES string of the molecule is C=C(c1ccccc1Cl)[C@](CCCC(C=N)N=CC)(c1ccc(F)cc1F)C(C)C. The molecule has 0 aromatic heterocycles. The van der Waals surface area contributed by atoms with Gasteiger partial charge in [-0.05, 0) is 67.2 Å². The van der Waals surface area contributed by atoms with Crippen molar-refractivity contribution in [2.45, 2.75) is 51.5 Å². The van der Waals surface area contributed by atoms with Gasteiger partial charge in [0, 0.05) is 22.7 Å². The number of allylic oxidation sites excluding steroid dienone is 1. The Morgan fingerprint density at radius 3 is 2.50 bits per heavy atom. The third-order valence-electron chi connectivity index (χ3n) is 5.74. The van der Waals surface area contributed by atoms with Gasteiger partial charge in [0.15, 0.2) is 0 Å². The molecule has 2 nitrogen and oxygen atoms in total. The van der Waals surface area contributed by atoms with Crippen molar-refractivity contribution in [3.63, 3.8) is 0 Å². The zero-order valence-corrected chi connectivity index (χ0v) is 18.5. The Balaban J connectivity index is 2.58. The highest BCUT2D eigenvalue weighted by Gasteiger charge is 2.41. The Morgan fingerprint density at radius 1 is 1.23 bits per heavy atom. The van der Waals surface area contributed by atoms with Crippen LogP contribution < -0.4 is 0 Å². The fourth-order valence-corrected chi connectivity index (χ4v) is 4.43. The van der Waals surface area contributed by atoms with Gasteiger partial charge < -0.3 is 5.41 Å². The molecule has 0 saturated carbocycles. The van der Waals surface area contributed by atoms with Crippen LogP contribution in [0, 0.1) is 23.0 Å². The van der Waals surface area contributed by atoms with E-state index in [1.807, 2.05) is 39.0 Å². The van der Waals surface area contributed by atoms with Gasteiger partial charge in [-0.2, -0.15) is 0 Å². The Hall–Kier alpha value is -2.33. The van der Waals surface area contributed by atoms with E-state index in [4.69, 9.17) is 17.0 Å². The highest BCUT2D eigenvalue weighted by molar-refractivity contribution is 6.32. The first-order valence-corrected chi connectivity index (χ1v) is 10.5. The lowest BCUT2D eigenvalue weighted by Gasteiger charge is -2.41. The zero-order valence-electron chi connectivity index (χ0n) is 17.8. The zero-order chi connectivity index (χ0) is 22.3. The van der Waals surface area contributed by atoms with Crippen molar-refractivity contribution >= 4 is 29.6 Å². The maximum atomic E-state index is 15.1. The van der Waals surface area contributed by atoms with E-state index in [1.165, 1.54) is 18.3 Å². The summed E-state index contributed by atoms with van der Waals surface area (Å²) in [5.74, 6) is -1.24. The van der Waals surface area contributed by atoms with Crippen LogP contribution in [-0.4, -0.2) is 18.5 Å². The minimum Gasteiger partial charge on any atom is -0.311 e. The standard InChI is InChI=1S/C25H29ClF2N2/c1-5-30-20(16-29)9-8-14-25(17(2)3,22-13-12-19(27)15-24(22)28)18(4)21-10-6-7-11-23(21)26/h5-7,10-13,15-17,20,29H,4,8-9,14H2,1-3H3/t20?,25-/m1/s1. The van der Waals surface area contributed by atoms with E-state index in [-0.39, 0.29) is 12.0 Å². The molecule has 5 heteroatoms. The van der Waals surface area contributed by atoms with E-state index in [0.29, 0.717) is 35.4 Å². The molecule has 0 spiro atoms. The lowest BCUT2D eigenvalue weighted by Crippen LogP contribution is -2.35. The smallest absolute Gasteiger partial charge is 0.130 e. The van der Waals surface area contributed by atoms with Crippen LogP contribution in [0.3, 0.4) is 0 Å². The number of aliphatic imine (C=N–C) groups is 1. The van der Waals surface area contributed by atoms with E-state index >= 15 is 4.39 Å². The second kappa shape index (κ2) is 10.6. The van der Waals surface area contributed by atoms with Crippen LogP contribution in [-0.2, 0) is 5.41 Å². The number of halogens is 3. The maximum Gasteiger partial charge on any atom is 0.130 e. The number of rotatable bonds is 10. The summed E-state index contributed by atoms with van der Waals surface area (Å²) in [6.45, 7) is 10.2. The molecule has 30 heavy (non-hydrogen) atoms. The molecule has 0 aliphatic rings. The van der Waals surface area contributed by atoms with Gasteiger partial charge in [-0.3, -0.25) is 4.99 Å². The Labute approximate surface area is 183 Å². The first kappa shape index (κ1) is 23.9. The summed E-state index contributed by atoms with van der Waals surface area (Å²) in [4.78, 5) is 4.29. The normalized spacial score (nSPS) is 14.6. The summed E-state index contributed by atoms with van der Waals surface area (Å²) in [5, 5.41) is 8.12. The van der Waals surface area contributed by atoms with Crippen molar-refractivity contribution < 1.29 is 8.78 Å². The number of hydrogen-bond acceptors (Lipinski definition) is 2. The molecular formula is C25H29ClF2N2. The van der Waals surface area contributed by atoms with Gasteiger partial charge >= 0.3 is 0 Å². The molecule has 0 bridgehead atoms. The van der Waals surface area contributed by atoms with Crippen LogP contribution in [0.25, 0.3) is 5.57 Å². The molecular weight excluding hydrogens is 402 g/mol. The predicted molar refractivity (Wildman–Crippen MR) is 124 cm³/mol. The maximum absolute atomic E-state index is 15.1. The number of benzene rings is 2. The van der Waals surface area contributed by atoms with E-state index in [2.05, 4.69) is 11.6 Å². The number of nitrogens with one attached hydrogen (secondary N) is 1. The summed E-state index contributed by atoms with van der Waals surface area (Å²) in [7, 11) is 0. The Morgan fingerprint density at radius 2 is 1.93 bits per heavy atom. The lowest BCUT2D eigenvalue weighted by molar-refractivity contribution is 0.345. The number of nitrogens with zero attached hydrogens (tertiary/aromatic N) is 1. The molecule has 0 heterocycles. The molecule has 1 N–H and O–H groups in total. The monoisotopic (exact) mass is 430 g/mol. The first-order chi connectivity index (χ1) is 14.3. The van der Waals surface area contributed by atoms with Crippen molar-refractivity contribution in [3.05, 3.63) is 76.8 Å². The average Bonchev–Trinajstić information content (AvgIpc) is 2.70. The third kappa shape index (κ3) is 5.04. The van der Waals surface area contributed by atoms with Crippen molar-refractivity contribution in [1.82, 2.24) is 0 Å². The molecule has 0 fully saturated rings. The Bertz CT molecular complexity index is 923. The fraction of sp³-hybridized carbons (Fsp3) is 0.360. The summed E-state index contributed by atoms with van der Waals surface area (Å²) < 4.78 is 28.8. The number of hydrogen-bond donors (Lipinski definition) is 1. The van der Waals surface area contributed by atoms with Gasteiger partial charge in [0.1, 0.15) is 11.6 Å². The van der Waals surface area contributed by atoms with Gasteiger partial charge in [0.25, 0.3) is 0 Å². The molecule has 0 amide bonds. The molecule has 0 aliphatic heterocycles. The minimum atomic E-state index is -0.786. The summed E-state index contributed by atoms with van der Waals surface area (Å²) in [6.07, 6.45) is 4.92. The topological polar surface area (TPSA) is 36.2 Å². The van der Waals surface area contributed by atoms with Crippen LogP contribution in [0.1, 0.15) is 51.2 Å². The predicted octanol–water partition coefficient (Wildman–Crippen LogP) is 7.50. The summed E-state index contributed by atoms with van der Waals surface area (Å²) >= 11 is 6.47. The van der Waals surface area contributed by atoms with E-state index in [1.54, 1.807) is 12.3 Å². The average molecular weight is 431 g/mol. The van der Waals surface area contributed by atoms with Crippen molar-refractivity contribution in [3.8, 4) is 0 Å². The van der Waals surface area contributed by atoms with Crippen LogP contribution in [0.2, 0.25) is 5.02 Å². The first-order valence-electron chi connectivity index (χ1n) is 10.2. The van der Waals surface area contributed by atoms with Crippen molar-refractivity contribution in [2.24, 2.45) is 10.9 Å². The summed E-state index contributed by atoms with van der Waals surface area (Å²) in [5.41, 5.74) is 1.09. The summed E-state index contributed by atoms with van der Waals surface area (Å²) in [6, 6.07) is 10.9. The largest absolute Gasteiger partial charge is 0.311 e. The fourth-order valence-electron chi connectivity index (χ4n) is 4.18. The highest BCUT2D eigenvalue weighted by atomic mass is 35.5. The molecule has 0 aliphatic carbocycles. The van der Waals surface area contributed by atoms with Gasteiger partial charge in [-0.15, -0.1) is 0 Å². The molecule has 160 valence electrons. The van der Waals surface area contributed by atoms with Crippen molar-refractivity contribution in [2.75, 3.05) is 0 Å². The molecule has 2 atom stereocenters. The molecule has 2 aromatic rings. The van der Waals surface area contributed by atoms with E-state index < -0.39 is 17.0 Å². The Kier molecular flexibility index (Phi) is 8.48. The highest BCUT2D eigenvalue weighted by Crippen LogP contribution is 2.49. The lowest BCUT2D eigenvalue weighted by atomic mass is 9.62. The van der Waals surface area contributed by atoms with Gasteiger partial charge in [0.05, 0.1) is 6.04 Å². The molecule has 1 unspecified atom stereocenters. The molecule has 0 radical (unpaired) electrons. The van der Waals surface area contributed by atoms with Crippen LogP contribution in [0.15, 0.2) is 54.0 Å². The third-order valence-corrected chi connectivity index (χ3v) is 6.07. The second-order valence-electron chi connectivity index (χ2n) is 7.74. The molecule has 2 rings (SSSR count). The van der Waals surface area contributed by atoms with Gasteiger partial charge in [-0.1, -0.05) is 56.3 Å². The quantitative estimate of drug-likeness (QED) is 0.379. The van der Waals surface area contributed by atoms with Crippen LogP contribution in [0.5, 0.6) is 0 Å². The van der Waals surface area contributed by atoms with Crippen molar-refractivity contribution in [1.29, 1.82) is 5.41 Å². The van der Waals surface area contributed by atoms with Crippen LogP contribution in [0.4, 0.5) is 8.78 Å².